The summed E-state index contributed by atoms with van der Waals surface area (Å²) in [4.78, 5) is 11.3. The molecule has 1 aromatic rings. The van der Waals surface area contributed by atoms with Gasteiger partial charge in [-0.25, -0.2) is 4.79 Å². The van der Waals surface area contributed by atoms with Crippen molar-refractivity contribution >= 4 is 22.0 Å². The molecule has 6 heteroatoms. The number of urea groups is 1. The van der Waals surface area contributed by atoms with E-state index in [1.165, 1.54) is 0 Å². The number of rotatable bonds is 8. The quantitative estimate of drug-likeness (QED) is 0.718. The van der Waals surface area contributed by atoms with Gasteiger partial charge in [-0.2, -0.15) is 0 Å². The molecular formula is C13H19BrN2O3. The number of nitrogens with one attached hydrogen (secondary N) is 2. The minimum atomic E-state index is -0.185. The van der Waals surface area contributed by atoms with Gasteiger partial charge in [-0.1, -0.05) is 15.9 Å². The van der Waals surface area contributed by atoms with Crippen LogP contribution in [0.5, 0.6) is 5.75 Å². The average Bonchev–Trinajstić information content (AvgIpc) is 2.42. The van der Waals surface area contributed by atoms with E-state index in [0.29, 0.717) is 26.3 Å². The maximum absolute atomic E-state index is 11.3. The van der Waals surface area contributed by atoms with Gasteiger partial charge >= 0.3 is 6.03 Å². The summed E-state index contributed by atoms with van der Waals surface area (Å²) in [6.45, 7) is 2.15. The Labute approximate surface area is 121 Å². The summed E-state index contributed by atoms with van der Waals surface area (Å²) < 4.78 is 11.4. The molecule has 0 aromatic heterocycles. The van der Waals surface area contributed by atoms with Crippen molar-refractivity contribution in [2.24, 2.45) is 0 Å². The van der Waals surface area contributed by atoms with Crippen LogP contribution in [0.2, 0.25) is 0 Å². The average molecular weight is 331 g/mol. The summed E-state index contributed by atoms with van der Waals surface area (Å²) in [5, 5.41) is 5.45. The topological polar surface area (TPSA) is 59.6 Å². The molecule has 5 nitrogen and oxygen atoms in total. The number of hydrogen-bond donors (Lipinski definition) is 2. The fourth-order valence-electron chi connectivity index (χ4n) is 1.35. The van der Waals surface area contributed by atoms with Crippen molar-refractivity contribution in [3.8, 4) is 5.75 Å². The first-order chi connectivity index (χ1) is 9.22. The van der Waals surface area contributed by atoms with E-state index in [1.807, 2.05) is 24.3 Å². The molecule has 0 aliphatic heterocycles. The highest BCUT2D eigenvalue weighted by atomic mass is 79.9. The van der Waals surface area contributed by atoms with Crippen LogP contribution in [0.1, 0.15) is 6.42 Å². The Morgan fingerprint density at radius 1 is 1.16 bits per heavy atom. The SMILES string of the molecule is COCCCNC(=O)NCCOc1ccc(Br)cc1. The van der Waals surface area contributed by atoms with Crippen molar-refractivity contribution in [1.82, 2.24) is 10.6 Å². The second kappa shape index (κ2) is 9.63. The second-order valence-electron chi connectivity index (χ2n) is 3.83. The van der Waals surface area contributed by atoms with Crippen LogP contribution in [0.3, 0.4) is 0 Å². The zero-order chi connectivity index (χ0) is 13.9. The van der Waals surface area contributed by atoms with Crippen LogP contribution in [0.15, 0.2) is 28.7 Å². The first kappa shape index (κ1) is 15.8. The fraction of sp³-hybridized carbons (Fsp3) is 0.462. The molecule has 1 rings (SSSR count). The molecule has 106 valence electrons. The molecule has 1 aromatic carbocycles. The number of carbonyl (C=O) groups is 1. The molecule has 0 atom stereocenters. The van der Waals surface area contributed by atoms with Gasteiger partial charge in [-0.05, 0) is 30.7 Å². The van der Waals surface area contributed by atoms with E-state index < -0.39 is 0 Å². The van der Waals surface area contributed by atoms with Gasteiger partial charge in [-0.15, -0.1) is 0 Å². The predicted octanol–water partition coefficient (Wildman–Crippen LogP) is 2.16. The summed E-state index contributed by atoms with van der Waals surface area (Å²) in [6, 6.07) is 7.37. The van der Waals surface area contributed by atoms with Gasteiger partial charge in [0.15, 0.2) is 0 Å². The highest BCUT2D eigenvalue weighted by Crippen LogP contribution is 2.15. The summed E-state index contributed by atoms with van der Waals surface area (Å²) in [5.41, 5.74) is 0. The lowest BCUT2D eigenvalue weighted by Gasteiger charge is -2.09. The highest BCUT2D eigenvalue weighted by molar-refractivity contribution is 9.10. The molecule has 2 amide bonds. The lowest BCUT2D eigenvalue weighted by molar-refractivity contribution is 0.193. The molecule has 0 aliphatic rings. The van der Waals surface area contributed by atoms with E-state index in [4.69, 9.17) is 9.47 Å². The Morgan fingerprint density at radius 2 is 1.84 bits per heavy atom. The molecule has 2 N–H and O–H groups in total. The Morgan fingerprint density at radius 3 is 2.53 bits per heavy atom. The van der Waals surface area contributed by atoms with Crippen LogP contribution >= 0.6 is 15.9 Å². The second-order valence-corrected chi connectivity index (χ2v) is 4.75. The molecular weight excluding hydrogens is 312 g/mol. The van der Waals surface area contributed by atoms with Crippen LogP contribution in [-0.2, 0) is 4.74 Å². The van der Waals surface area contributed by atoms with Crippen molar-refractivity contribution in [3.05, 3.63) is 28.7 Å². The number of carbonyl (C=O) groups excluding carboxylic acids is 1. The van der Waals surface area contributed by atoms with Crippen molar-refractivity contribution in [1.29, 1.82) is 0 Å². The molecule has 0 fully saturated rings. The minimum absolute atomic E-state index is 0.185. The smallest absolute Gasteiger partial charge is 0.314 e. The van der Waals surface area contributed by atoms with Crippen LogP contribution in [0.25, 0.3) is 0 Å². The number of methoxy groups -OCH3 is 1. The summed E-state index contributed by atoms with van der Waals surface area (Å²) in [6.07, 6.45) is 0.805. The Kier molecular flexibility index (Phi) is 8.00. The van der Waals surface area contributed by atoms with E-state index in [-0.39, 0.29) is 6.03 Å². The van der Waals surface area contributed by atoms with E-state index >= 15 is 0 Å². The van der Waals surface area contributed by atoms with Gasteiger partial charge in [0.1, 0.15) is 12.4 Å². The third-order valence-electron chi connectivity index (χ3n) is 2.28. The minimum Gasteiger partial charge on any atom is -0.492 e. The van der Waals surface area contributed by atoms with Crippen molar-refractivity contribution in [2.75, 3.05) is 33.4 Å². The van der Waals surface area contributed by atoms with E-state index in [9.17, 15) is 4.79 Å². The summed E-state index contributed by atoms with van der Waals surface area (Å²) >= 11 is 3.35. The molecule has 0 bridgehead atoms. The number of amides is 2. The maximum Gasteiger partial charge on any atom is 0.314 e. The van der Waals surface area contributed by atoms with Crippen LogP contribution in [0, 0.1) is 0 Å². The monoisotopic (exact) mass is 330 g/mol. The first-order valence-electron chi connectivity index (χ1n) is 6.11. The van der Waals surface area contributed by atoms with Gasteiger partial charge < -0.3 is 20.1 Å². The van der Waals surface area contributed by atoms with E-state index in [0.717, 1.165) is 16.6 Å². The first-order valence-corrected chi connectivity index (χ1v) is 6.90. The number of benzene rings is 1. The maximum atomic E-state index is 11.3. The van der Waals surface area contributed by atoms with Crippen LogP contribution in [-0.4, -0.2) is 39.4 Å². The summed E-state index contributed by atoms with van der Waals surface area (Å²) in [5.74, 6) is 0.783. The van der Waals surface area contributed by atoms with Crippen LogP contribution < -0.4 is 15.4 Å². The van der Waals surface area contributed by atoms with Gasteiger partial charge in [0.25, 0.3) is 0 Å². The van der Waals surface area contributed by atoms with Gasteiger partial charge in [-0.3, -0.25) is 0 Å². The molecule has 0 aliphatic carbocycles. The molecule has 0 heterocycles. The van der Waals surface area contributed by atoms with Crippen molar-refractivity contribution in [2.45, 2.75) is 6.42 Å². The largest absolute Gasteiger partial charge is 0.492 e. The molecule has 0 saturated heterocycles. The van der Waals surface area contributed by atoms with E-state index in [2.05, 4.69) is 26.6 Å². The molecule has 0 saturated carbocycles. The molecule has 0 spiro atoms. The third-order valence-corrected chi connectivity index (χ3v) is 2.81. The van der Waals surface area contributed by atoms with Gasteiger partial charge in [0.05, 0.1) is 6.54 Å². The Hall–Kier alpha value is -1.27. The van der Waals surface area contributed by atoms with Crippen molar-refractivity contribution in [3.63, 3.8) is 0 Å². The predicted molar refractivity (Wildman–Crippen MR) is 77.5 cm³/mol. The lowest BCUT2D eigenvalue weighted by atomic mass is 10.3. The van der Waals surface area contributed by atoms with Crippen LogP contribution in [0.4, 0.5) is 4.79 Å². The molecule has 19 heavy (non-hydrogen) atoms. The normalized spacial score (nSPS) is 10.0. The Bertz CT molecular complexity index is 371. The fourth-order valence-corrected chi connectivity index (χ4v) is 1.61. The number of hydrogen-bond acceptors (Lipinski definition) is 3. The molecule has 0 unspecified atom stereocenters. The van der Waals surface area contributed by atoms with Gasteiger partial charge in [0.2, 0.25) is 0 Å². The Balaban J connectivity index is 2.03. The van der Waals surface area contributed by atoms with Gasteiger partial charge in [0, 0.05) is 24.7 Å². The number of ether oxygens (including phenoxy) is 2. The highest BCUT2D eigenvalue weighted by Gasteiger charge is 1.99. The zero-order valence-corrected chi connectivity index (χ0v) is 12.5. The summed E-state index contributed by atoms with van der Waals surface area (Å²) in [7, 11) is 1.64. The standard InChI is InChI=1S/C13H19BrN2O3/c1-18-9-2-7-15-13(17)16-8-10-19-12-5-3-11(14)4-6-12/h3-6H,2,7-10H2,1H3,(H2,15,16,17). The molecule has 0 radical (unpaired) electrons. The number of halogens is 1. The van der Waals surface area contributed by atoms with E-state index in [1.54, 1.807) is 7.11 Å². The van der Waals surface area contributed by atoms with Crippen molar-refractivity contribution < 1.29 is 14.3 Å². The third kappa shape index (κ3) is 7.69. The zero-order valence-electron chi connectivity index (χ0n) is 10.9. The lowest BCUT2D eigenvalue weighted by Crippen LogP contribution is -2.38.